The fourth-order valence-electron chi connectivity index (χ4n) is 2.81. The molecular formula is C14H21N5O3. The Morgan fingerprint density at radius 1 is 1.27 bits per heavy atom. The van der Waals surface area contributed by atoms with Crippen molar-refractivity contribution in [1.29, 1.82) is 0 Å². The van der Waals surface area contributed by atoms with Gasteiger partial charge in [0.1, 0.15) is 5.76 Å². The zero-order valence-corrected chi connectivity index (χ0v) is 12.7. The molecule has 0 unspecified atom stereocenters. The summed E-state index contributed by atoms with van der Waals surface area (Å²) in [5, 5.41) is 6.65. The number of aromatic nitrogens is 1. The summed E-state index contributed by atoms with van der Waals surface area (Å²) in [5.41, 5.74) is 0.941. The standard InChI is InChI=1S/C14H21N5O3/c1-11-8-12(16-22-11)9-17-4-6-18(7-5-17)10-13(20)19-3-2-15-14(19)21/h8H,2-7,9-10H2,1H3,(H,15,21). The predicted molar refractivity (Wildman–Crippen MR) is 78.1 cm³/mol. The summed E-state index contributed by atoms with van der Waals surface area (Å²) >= 11 is 0. The van der Waals surface area contributed by atoms with E-state index in [1.54, 1.807) is 0 Å². The lowest BCUT2D eigenvalue weighted by atomic mass is 10.2. The van der Waals surface area contributed by atoms with E-state index >= 15 is 0 Å². The molecule has 120 valence electrons. The summed E-state index contributed by atoms with van der Waals surface area (Å²) in [7, 11) is 0. The van der Waals surface area contributed by atoms with Gasteiger partial charge in [-0.15, -0.1) is 0 Å². The second kappa shape index (κ2) is 6.45. The van der Waals surface area contributed by atoms with Gasteiger partial charge in [-0.2, -0.15) is 0 Å². The van der Waals surface area contributed by atoms with E-state index in [2.05, 4.69) is 20.3 Å². The van der Waals surface area contributed by atoms with Gasteiger partial charge in [0.2, 0.25) is 5.91 Å². The number of rotatable bonds is 4. The van der Waals surface area contributed by atoms with Crippen molar-refractivity contribution in [3.05, 3.63) is 17.5 Å². The Hall–Kier alpha value is -1.93. The van der Waals surface area contributed by atoms with Gasteiger partial charge in [-0.3, -0.25) is 19.5 Å². The molecule has 1 aromatic rings. The fourth-order valence-corrected chi connectivity index (χ4v) is 2.81. The molecule has 0 spiro atoms. The van der Waals surface area contributed by atoms with Crippen LogP contribution in [0.25, 0.3) is 0 Å². The highest BCUT2D eigenvalue weighted by molar-refractivity contribution is 5.96. The van der Waals surface area contributed by atoms with Crippen LogP contribution in [0.2, 0.25) is 0 Å². The number of hydrogen-bond acceptors (Lipinski definition) is 6. The monoisotopic (exact) mass is 307 g/mol. The number of carbonyl (C=O) groups is 2. The summed E-state index contributed by atoms with van der Waals surface area (Å²) in [6.45, 7) is 7.39. The van der Waals surface area contributed by atoms with E-state index in [9.17, 15) is 9.59 Å². The molecule has 0 aliphatic carbocycles. The molecule has 0 radical (unpaired) electrons. The summed E-state index contributed by atoms with van der Waals surface area (Å²) in [6.07, 6.45) is 0. The Balaban J connectivity index is 1.43. The first-order valence-electron chi connectivity index (χ1n) is 7.57. The first-order valence-corrected chi connectivity index (χ1v) is 7.57. The number of imide groups is 1. The summed E-state index contributed by atoms with van der Waals surface area (Å²) in [5.74, 6) is 0.707. The molecule has 1 N–H and O–H groups in total. The van der Waals surface area contributed by atoms with Crippen LogP contribution < -0.4 is 5.32 Å². The minimum atomic E-state index is -0.273. The average molecular weight is 307 g/mol. The van der Waals surface area contributed by atoms with Crippen LogP contribution in [0.1, 0.15) is 11.5 Å². The van der Waals surface area contributed by atoms with Crippen LogP contribution in [-0.2, 0) is 11.3 Å². The maximum absolute atomic E-state index is 12.1. The van der Waals surface area contributed by atoms with Crippen molar-refractivity contribution in [2.24, 2.45) is 0 Å². The normalized spacial score (nSPS) is 20.4. The second-order valence-corrected chi connectivity index (χ2v) is 5.76. The van der Waals surface area contributed by atoms with Crippen LogP contribution in [0.15, 0.2) is 10.6 Å². The molecule has 8 heteroatoms. The molecule has 3 heterocycles. The van der Waals surface area contributed by atoms with Gasteiger partial charge < -0.3 is 9.84 Å². The van der Waals surface area contributed by atoms with E-state index in [-0.39, 0.29) is 11.9 Å². The van der Waals surface area contributed by atoms with Gasteiger partial charge in [0.25, 0.3) is 0 Å². The van der Waals surface area contributed by atoms with E-state index in [4.69, 9.17) is 4.52 Å². The predicted octanol–water partition coefficient (Wildman–Crippen LogP) is -0.348. The highest BCUT2D eigenvalue weighted by atomic mass is 16.5. The van der Waals surface area contributed by atoms with Crippen LogP contribution in [0.5, 0.6) is 0 Å². The van der Waals surface area contributed by atoms with Gasteiger partial charge in [-0.25, -0.2) is 4.79 Å². The van der Waals surface area contributed by atoms with Crippen LogP contribution >= 0.6 is 0 Å². The Bertz CT molecular complexity index is 550. The zero-order chi connectivity index (χ0) is 15.5. The third kappa shape index (κ3) is 3.45. The van der Waals surface area contributed by atoms with E-state index in [1.165, 1.54) is 4.90 Å². The molecule has 0 bridgehead atoms. The van der Waals surface area contributed by atoms with Gasteiger partial charge in [0, 0.05) is 51.9 Å². The summed E-state index contributed by atoms with van der Waals surface area (Å²) < 4.78 is 5.07. The van der Waals surface area contributed by atoms with Gasteiger partial charge in [0.15, 0.2) is 0 Å². The second-order valence-electron chi connectivity index (χ2n) is 5.76. The van der Waals surface area contributed by atoms with Gasteiger partial charge in [0.05, 0.1) is 12.2 Å². The van der Waals surface area contributed by atoms with Crippen LogP contribution in [0.4, 0.5) is 4.79 Å². The smallest absolute Gasteiger partial charge is 0.324 e. The fraction of sp³-hybridized carbons (Fsp3) is 0.643. The maximum Gasteiger partial charge on any atom is 0.324 e. The molecule has 1 aromatic heterocycles. The lowest BCUT2D eigenvalue weighted by Gasteiger charge is -2.34. The molecule has 0 aromatic carbocycles. The molecule has 3 amide bonds. The lowest BCUT2D eigenvalue weighted by Crippen LogP contribution is -2.50. The van der Waals surface area contributed by atoms with Crippen molar-refractivity contribution in [1.82, 2.24) is 25.2 Å². The minimum absolute atomic E-state index is 0.115. The molecule has 3 rings (SSSR count). The van der Waals surface area contributed by atoms with Gasteiger partial charge in [-0.1, -0.05) is 5.16 Å². The number of amides is 3. The van der Waals surface area contributed by atoms with E-state index in [1.807, 2.05) is 13.0 Å². The van der Waals surface area contributed by atoms with Crippen molar-refractivity contribution < 1.29 is 14.1 Å². The number of aryl methyl sites for hydroxylation is 1. The Kier molecular flexibility index (Phi) is 4.39. The maximum atomic E-state index is 12.1. The number of nitrogens with zero attached hydrogens (tertiary/aromatic N) is 4. The SMILES string of the molecule is Cc1cc(CN2CCN(CC(=O)N3CCNC3=O)CC2)no1. The number of nitrogens with one attached hydrogen (secondary N) is 1. The lowest BCUT2D eigenvalue weighted by molar-refractivity contribution is -0.129. The van der Waals surface area contributed by atoms with Crippen LogP contribution in [-0.4, -0.2) is 77.6 Å². The Morgan fingerprint density at radius 2 is 2.00 bits per heavy atom. The number of hydrogen-bond donors (Lipinski definition) is 1. The van der Waals surface area contributed by atoms with Crippen LogP contribution in [0.3, 0.4) is 0 Å². The molecule has 2 saturated heterocycles. The topological polar surface area (TPSA) is 81.9 Å². The quantitative estimate of drug-likeness (QED) is 0.819. The number of carbonyl (C=O) groups excluding carboxylic acids is 2. The van der Waals surface area contributed by atoms with Gasteiger partial charge >= 0.3 is 6.03 Å². The molecule has 2 aliphatic heterocycles. The largest absolute Gasteiger partial charge is 0.361 e. The molecule has 22 heavy (non-hydrogen) atoms. The Morgan fingerprint density at radius 3 is 2.59 bits per heavy atom. The third-order valence-electron chi connectivity index (χ3n) is 4.04. The van der Waals surface area contributed by atoms with Crippen molar-refractivity contribution in [3.8, 4) is 0 Å². The Labute approximate surface area is 129 Å². The minimum Gasteiger partial charge on any atom is -0.361 e. The molecule has 8 nitrogen and oxygen atoms in total. The summed E-state index contributed by atoms with van der Waals surface area (Å²) in [6, 6.07) is 1.67. The van der Waals surface area contributed by atoms with Crippen molar-refractivity contribution in [2.75, 3.05) is 45.8 Å². The first kappa shape index (κ1) is 15.0. The molecule has 2 aliphatic rings. The van der Waals surface area contributed by atoms with Crippen LogP contribution in [0, 0.1) is 6.92 Å². The van der Waals surface area contributed by atoms with E-state index < -0.39 is 0 Å². The highest BCUT2D eigenvalue weighted by Gasteiger charge is 2.28. The molecule has 0 saturated carbocycles. The zero-order valence-electron chi connectivity index (χ0n) is 12.7. The first-order chi connectivity index (χ1) is 10.6. The highest BCUT2D eigenvalue weighted by Crippen LogP contribution is 2.09. The number of piperazine rings is 1. The summed E-state index contributed by atoms with van der Waals surface area (Å²) in [4.78, 5) is 29.2. The molecular weight excluding hydrogens is 286 g/mol. The van der Waals surface area contributed by atoms with E-state index in [0.29, 0.717) is 19.6 Å². The third-order valence-corrected chi connectivity index (χ3v) is 4.04. The average Bonchev–Trinajstić information content (AvgIpc) is 3.10. The van der Waals surface area contributed by atoms with Gasteiger partial charge in [-0.05, 0) is 6.92 Å². The van der Waals surface area contributed by atoms with E-state index in [0.717, 1.165) is 44.2 Å². The molecule has 0 atom stereocenters. The van der Waals surface area contributed by atoms with Crippen molar-refractivity contribution in [3.63, 3.8) is 0 Å². The van der Waals surface area contributed by atoms with Crippen molar-refractivity contribution >= 4 is 11.9 Å². The molecule has 2 fully saturated rings. The number of urea groups is 1. The van der Waals surface area contributed by atoms with Crippen molar-refractivity contribution in [2.45, 2.75) is 13.5 Å².